The zero-order valence-electron chi connectivity index (χ0n) is 8.23. The van der Waals surface area contributed by atoms with Gasteiger partial charge in [0.15, 0.2) is 0 Å². The molecule has 0 fully saturated rings. The van der Waals surface area contributed by atoms with Crippen LogP contribution in [0.15, 0.2) is 23.5 Å². The first-order chi connectivity index (χ1) is 8.12. The van der Waals surface area contributed by atoms with Gasteiger partial charge in [0.05, 0.1) is 18.6 Å². The molecule has 2 heterocycles. The molecule has 0 aliphatic heterocycles. The van der Waals surface area contributed by atoms with E-state index in [1.807, 2.05) is 0 Å². The fraction of sp³-hybridized carbons (Fsp3) is 0. The highest BCUT2D eigenvalue weighted by Gasteiger charge is 2.16. The van der Waals surface area contributed by atoms with Crippen molar-refractivity contribution in [1.82, 2.24) is 19.6 Å². The van der Waals surface area contributed by atoms with E-state index in [1.165, 1.54) is 6.20 Å². The zero-order valence-corrected chi connectivity index (χ0v) is 9.86. The number of sulfonamides is 1. The molecule has 17 heavy (non-hydrogen) atoms. The average molecular weight is 273 g/mol. The summed E-state index contributed by atoms with van der Waals surface area (Å²) >= 11 is 0.928. The Balaban J connectivity index is 2.25. The van der Waals surface area contributed by atoms with Crippen molar-refractivity contribution in [3.63, 3.8) is 0 Å². The third-order valence-corrected chi connectivity index (χ3v) is 3.69. The van der Waals surface area contributed by atoms with Gasteiger partial charge in [-0.2, -0.15) is 0 Å². The second-order valence-corrected chi connectivity index (χ2v) is 5.24. The Labute approximate surface area is 100 Å². The van der Waals surface area contributed by atoms with E-state index in [0.717, 1.165) is 23.9 Å². The topological polar surface area (TPSA) is 136 Å². The molecule has 0 aliphatic rings. The van der Waals surface area contributed by atoms with E-state index in [2.05, 4.69) is 29.7 Å². The Morgan fingerprint density at radius 3 is 2.47 bits per heavy atom. The number of rotatable bonds is 4. The Bertz CT molecular complexity index is 579. The van der Waals surface area contributed by atoms with Gasteiger partial charge in [0.25, 0.3) is 10.0 Å². The second kappa shape index (κ2) is 4.57. The van der Waals surface area contributed by atoms with Crippen molar-refractivity contribution in [1.29, 1.82) is 0 Å². The molecule has 4 N–H and O–H groups in total. The van der Waals surface area contributed by atoms with Crippen LogP contribution < -0.4 is 16.0 Å². The predicted molar refractivity (Wildman–Crippen MR) is 60.6 cm³/mol. The first kappa shape index (κ1) is 11.6. The number of nitrogen functional groups attached to an aromatic ring is 1. The molecule has 90 valence electrons. The van der Waals surface area contributed by atoms with Crippen molar-refractivity contribution in [3.8, 4) is 0 Å². The van der Waals surface area contributed by atoms with Gasteiger partial charge < -0.3 is 0 Å². The van der Waals surface area contributed by atoms with Crippen LogP contribution in [-0.4, -0.2) is 28.0 Å². The van der Waals surface area contributed by atoms with Crippen molar-refractivity contribution in [2.24, 2.45) is 5.84 Å². The van der Waals surface area contributed by atoms with Gasteiger partial charge >= 0.3 is 0 Å². The number of nitrogens with zero attached hydrogens (tertiary/aromatic N) is 4. The van der Waals surface area contributed by atoms with Crippen LogP contribution in [0.1, 0.15) is 0 Å². The molecule has 11 heteroatoms. The molecule has 0 radical (unpaired) electrons. The van der Waals surface area contributed by atoms with Crippen molar-refractivity contribution in [2.45, 2.75) is 4.90 Å². The lowest BCUT2D eigenvalue weighted by molar-refractivity contribution is 0.600. The highest BCUT2D eigenvalue weighted by Crippen LogP contribution is 2.16. The molecule has 0 unspecified atom stereocenters. The molecule has 2 aromatic heterocycles. The van der Waals surface area contributed by atoms with Crippen LogP contribution in [0.2, 0.25) is 0 Å². The number of hydrazine groups is 1. The van der Waals surface area contributed by atoms with E-state index in [1.54, 1.807) is 0 Å². The fourth-order valence-electron chi connectivity index (χ4n) is 0.933. The number of hydrogen-bond acceptors (Lipinski definition) is 9. The maximum atomic E-state index is 11.8. The minimum atomic E-state index is -3.72. The normalized spacial score (nSPS) is 11.1. The highest BCUT2D eigenvalue weighted by molar-refractivity contribution is 7.93. The number of hydrogen-bond donors (Lipinski definition) is 3. The van der Waals surface area contributed by atoms with Gasteiger partial charge in [0, 0.05) is 11.5 Å². The van der Waals surface area contributed by atoms with Crippen molar-refractivity contribution >= 4 is 32.5 Å². The van der Waals surface area contributed by atoms with E-state index >= 15 is 0 Å². The van der Waals surface area contributed by atoms with Crippen LogP contribution in [0.5, 0.6) is 0 Å². The molecule has 2 aromatic rings. The van der Waals surface area contributed by atoms with Gasteiger partial charge in [-0.3, -0.25) is 10.1 Å². The van der Waals surface area contributed by atoms with Crippen LogP contribution in [0, 0.1) is 0 Å². The minimum Gasteiger partial charge on any atom is -0.292 e. The molecule has 0 spiro atoms. The molecule has 0 saturated heterocycles. The van der Waals surface area contributed by atoms with Crippen LogP contribution >= 0.6 is 11.5 Å². The second-order valence-electron chi connectivity index (χ2n) is 2.77. The molecular formula is C6H7N7O2S2. The summed E-state index contributed by atoms with van der Waals surface area (Å²) < 4.78 is 29.4. The number of nitrogens with two attached hydrogens (primary N) is 1. The van der Waals surface area contributed by atoms with E-state index in [0.29, 0.717) is 5.00 Å². The maximum Gasteiger partial charge on any atom is 0.265 e. The molecule has 0 bridgehead atoms. The van der Waals surface area contributed by atoms with E-state index in [-0.39, 0.29) is 10.8 Å². The lowest BCUT2D eigenvalue weighted by atomic mass is 10.7. The highest BCUT2D eigenvalue weighted by atomic mass is 32.2. The molecule has 0 amide bonds. The average Bonchev–Trinajstić information content (AvgIpc) is 2.81. The van der Waals surface area contributed by atoms with E-state index in [9.17, 15) is 8.42 Å². The van der Waals surface area contributed by atoms with Gasteiger partial charge in [-0.05, 0) is 0 Å². The minimum absolute atomic E-state index is 0.0788. The van der Waals surface area contributed by atoms with Gasteiger partial charge in [0.2, 0.25) is 5.95 Å². The summed E-state index contributed by atoms with van der Waals surface area (Å²) in [5.41, 5.74) is 2.20. The molecule has 0 aromatic carbocycles. The summed E-state index contributed by atoms with van der Waals surface area (Å²) in [4.78, 5) is 7.32. The lowest BCUT2D eigenvalue weighted by Gasteiger charge is -2.04. The van der Waals surface area contributed by atoms with Gasteiger partial charge in [-0.1, -0.05) is 4.49 Å². The molecule has 0 aliphatic carbocycles. The number of anilines is 2. The van der Waals surface area contributed by atoms with Crippen molar-refractivity contribution < 1.29 is 8.42 Å². The van der Waals surface area contributed by atoms with Gasteiger partial charge in [-0.25, -0.2) is 24.2 Å². The maximum absolute atomic E-state index is 11.8. The predicted octanol–water partition coefficient (Wildman–Crippen LogP) is -0.586. The molecule has 0 atom stereocenters. The quantitative estimate of drug-likeness (QED) is 0.497. The lowest BCUT2D eigenvalue weighted by Crippen LogP contribution is -2.15. The number of nitrogens with one attached hydrogen (secondary N) is 2. The third kappa shape index (κ3) is 2.64. The van der Waals surface area contributed by atoms with Gasteiger partial charge in [-0.15, -0.1) is 5.10 Å². The third-order valence-electron chi connectivity index (χ3n) is 1.66. The summed E-state index contributed by atoms with van der Waals surface area (Å²) in [7, 11) is -3.72. The first-order valence-corrected chi connectivity index (χ1v) is 6.46. The molecule has 9 nitrogen and oxygen atoms in total. The molecular weight excluding hydrogens is 266 g/mol. The van der Waals surface area contributed by atoms with Gasteiger partial charge in [0.1, 0.15) is 9.90 Å². The summed E-state index contributed by atoms with van der Waals surface area (Å²) in [5.74, 6) is 5.19. The Kier molecular flexibility index (Phi) is 3.12. The fourth-order valence-corrected chi connectivity index (χ4v) is 2.51. The number of aromatic nitrogens is 4. The summed E-state index contributed by atoms with van der Waals surface area (Å²) in [6, 6.07) is 0. The van der Waals surface area contributed by atoms with E-state index < -0.39 is 10.0 Å². The SMILES string of the molecule is NNc1ncc(S(=O)(=O)Nc2cnns2)cn1. The van der Waals surface area contributed by atoms with Crippen LogP contribution in [-0.2, 0) is 10.0 Å². The van der Waals surface area contributed by atoms with Crippen LogP contribution in [0.25, 0.3) is 0 Å². The largest absolute Gasteiger partial charge is 0.292 e. The van der Waals surface area contributed by atoms with Crippen molar-refractivity contribution in [3.05, 3.63) is 18.6 Å². The Morgan fingerprint density at radius 2 is 1.94 bits per heavy atom. The molecule has 2 rings (SSSR count). The van der Waals surface area contributed by atoms with Crippen molar-refractivity contribution in [2.75, 3.05) is 10.1 Å². The zero-order chi connectivity index (χ0) is 12.3. The summed E-state index contributed by atoms with van der Waals surface area (Å²) in [6.45, 7) is 0. The molecule has 0 saturated carbocycles. The van der Waals surface area contributed by atoms with E-state index in [4.69, 9.17) is 5.84 Å². The Hall–Kier alpha value is -1.85. The van der Waals surface area contributed by atoms with Crippen LogP contribution in [0.3, 0.4) is 0 Å². The standard InChI is InChI=1S/C6H7N7O2S2/c7-11-6-8-1-4(2-9-6)17(14,15)12-5-3-10-13-16-5/h1-3,12H,7H2,(H,8,9,11). The summed E-state index contributed by atoms with van der Waals surface area (Å²) in [5, 5.41) is 3.82. The summed E-state index contributed by atoms with van der Waals surface area (Å²) in [6.07, 6.45) is 3.58. The van der Waals surface area contributed by atoms with Crippen LogP contribution in [0.4, 0.5) is 10.9 Å². The first-order valence-electron chi connectivity index (χ1n) is 4.20. The monoisotopic (exact) mass is 273 g/mol. The Morgan fingerprint density at radius 1 is 1.24 bits per heavy atom. The smallest absolute Gasteiger partial charge is 0.265 e.